The summed E-state index contributed by atoms with van der Waals surface area (Å²) in [5.41, 5.74) is 0.776. The number of rotatable bonds is 8. The van der Waals surface area contributed by atoms with Crippen LogP contribution in [0.15, 0.2) is 18.2 Å². The highest BCUT2D eigenvalue weighted by Gasteiger charge is 2.05. The first kappa shape index (κ1) is 15.3. The molecular weight excluding hydrogens is 248 g/mol. The largest absolute Gasteiger partial charge is 0.508 e. The molecule has 1 aromatic rings. The van der Waals surface area contributed by atoms with Crippen LogP contribution in [0.2, 0.25) is 5.02 Å². The molecule has 4 heteroatoms. The van der Waals surface area contributed by atoms with Crippen molar-refractivity contribution in [3.63, 3.8) is 0 Å². The van der Waals surface area contributed by atoms with E-state index >= 15 is 0 Å². The Bertz CT molecular complexity index is 337. The van der Waals surface area contributed by atoms with Crippen LogP contribution in [0.3, 0.4) is 0 Å². The number of nitrogens with one attached hydrogen (secondary N) is 1. The fourth-order valence-electron chi connectivity index (χ4n) is 1.92. The van der Waals surface area contributed by atoms with Crippen LogP contribution in [0.5, 0.6) is 5.75 Å². The van der Waals surface area contributed by atoms with Crippen LogP contribution >= 0.6 is 11.6 Å². The number of nitrogens with zero attached hydrogens (tertiary/aromatic N) is 1. The summed E-state index contributed by atoms with van der Waals surface area (Å²) in [5.74, 6) is 0.260. The maximum atomic E-state index is 9.70. The highest BCUT2D eigenvalue weighted by Crippen LogP contribution is 2.24. The van der Waals surface area contributed by atoms with E-state index in [1.165, 1.54) is 6.42 Å². The molecule has 1 aromatic carbocycles. The summed E-state index contributed by atoms with van der Waals surface area (Å²) in [6.07, 6.45) is 1.18. The standard InChI is InChI=1S/C14H23ClN2O/c1-3-9-17(4-2)10-8-16-11-12-13(15)6-5-7-14(12)18/h5-7,16,18H,3-4,8-11H2,1-2H3. The van der Waals surface area contributed by atoms with Crippen LogP contribution < -0.4 is 5.32 Å². The zero-order valence-corrected chi connectivity index (χ0v) is 12.0. The second-order valence-corrected chi connectivity index (χ2v) is 4.76. The minimum atomic E-state index is 0.260. The summed E-state index contributed by atoms with van der Waals surface area (Å²) in [6.45, 7) is 9.11. The van der Waals surface area contributed by atoms with Gasteiger partial charge in [0.2, 0.25) is 0 Å². The SMILES string of the molecule is CCCN(CC)CCNCc1c(O)cccc1Cl. The van der Waals surface area contributed by atoms with Crippen LogP contribution in [-0.4, -0.2) is 36.2 Å². The molecule has 1 rings (SSSR count). The van der Waals surface area contributed by atoms with Crippen LogP contribution in [-0.2, 0) is 6.54 Å². The molecule has 0 aliphatic rings. The lowest BCUT2D eigenvalue weighted by Crippen LogP contribution is -2.32. The fraction of sp³-hybridized carbons (Fsp3) is 0.571. The third-order valence-corrected chi connectivity index (χ3v) is 3.34. The summed E-state index contributed by atoms with van der Waals surface area (Å²) in [4.78, 5) is 2.40. The van der Waals surface area contributed by atoms with Gasteiger partial charge in [-0.05, 0) is 31.6 Å². The van der Waals surface area contributed by atoms with Crippen molar-refractivity contribution in [1.82, 2.24) is 10.2 Å². The number of likely N-dealkylation sites (N-methyl/N-ethyl adjacent to an activating group) is 1. The highest BCUT2D eigenvalue weighted by atomic mass is 35.5. The zero-order chi connectivity index (χ0) is 13.4. The van der Waals surface area contributed by atoms with Crippen molar-refractivity contribution in [2.75, 3.05) is 26.2 Å². The van der Waals surface area contributed by atoms with Gasteiger partial charge in [-0.15, -0.1) is 0 Å². The van der Waals surface area contributed by atoms with Gasteiger partial charge in [-0.2, -0.15) is 0 Å². The smallest absolute Gasteiger partial charge is 0.121 e. The molecule has 0 radical (unpaired) electrons. The zero-order valence-electron chi connectivity index (χ0n) is 11.2. The second-order valence-electron chi connectivity index (χ2n) is 4.35. The maximum absolute atomic E-state index is 9.70. The summed E-state index contributed by atoms with van der Waals surface area (Å²) in [7, 11) is 0. The van der Waals surface area contributed by atoms with Gasteiger partial charge in [0.1, 0.15) is 5.75 Å². The van der Waals surface area contributed by atoms with E-state index in [9.17, 15) is 5.11 Å². The molecule has 0 spiro atoms. The molecule has 0 saturated heterocycles. The van der Waals surface area contributed by atoms with Crippen molar-refractivity contribution in [1.29, 1.82) is 0 Å². The van der Waals surface area contributed by atoms with E-state index in [0.717, 1.165) is 31.7 Å². The van der Waals surface area contributed by atoms with E-state index in [1.807, 2.05) is 0 Å². The molecule has 0 fully saturated rings. The average molecular weight is 271 g/mol. The van der Waals surface area contributed by atoms with Gasteiger partial charge in [-0.3, -0.25) is 0 Å². The summed E-state index contributed by atoms with van der Waals surface area (Å²) < 4.78 is 0. The predicted molar refractivity (Wildman–Crippen MR) is 77.2 cm³/mol. The molecular formula is C14H23ClN2O. The molecule has 2 N–H and O–H groups in total. The van der Waals surface area contributed by atoms with E-state index in [-0.39, 0.29) is 5.75 Å². The first-order chi connectivity index (χ1) is 8.69. The number of hydrogen-bond acceptors (Lipinski definition) is 3. The molecule has 0 aliphatic heterocycles. The topological polar surface area (TPSA) is 35.5 Å². The van der Waals surface area contributed by atoms with Crippen molar-refractivity contribution in [2.24, 2.45) is 0 Å². The lowest BCUT2D eigenvalue weighted by atomic mass is 10.2. The van der Waals surface area contributed by atoms with Gasteiger partial charge < -0.3 is 15.3 Å². The number of phenols is 1. The third kappa shape index (κ3) is 4.84. The fourth-order valence-corrected chi connectivity index (χ4v) is 2.15. The Morgan fingerprint density at radius 3 is 2.67 bits per heavy atom. The Morgan fingerprint density at radius 1 is 1.28 bits per heavy atom. The number of phenolic OH excluding ortho intramolecular Hbond substituents is 1. The molecule has 0 aliphatic carbocycles. The summed E-state index contributed by atoms with van der Waals surface area (Å²) in [6, 6.07) is 5.22. The van der Waals surface area contributed by atoms with Gasteiger partial charge in [-0.25, -0.2) is 0 Å². The molecule has 0 heterocycles. The van der Waals surface area contributed by atoms with Crippen molar-refractivity contribution in [3.05, 3.63) is 28.8 Å². The van der Waals surface area contributed by atoms with Crippen molar-refractivity contribution < 1.29 is 5.11 Å². The second kappa shape index (κ2) is 8.35. The Balaban J connectivity index is 2.33. The van der Waals surface area contributed by atoms with Gasteiger partial charge in [0.05, 0.1) is 0 Å². The molecule has 0 amide bonds. The molecule has 3 nitrogen and oxygen atoms in total. The van der Waals surface area contributed by atoms with Gasteiger partial charge in [-0.1, -0.05) is 31.5 Å². The lowest BCUT2D eigenvalue weighted by molar-refractivity contribution is 0.287. The maximum Gasteiger partial charge on any atom is 0.121 e. The lowest BCUT2D eigenvalue weighted by Gasteiger charge is -2.19. The van der Waals surface area contributed by atoms with E-state index in [0.29, 0.717) is 11.6 Å². The van der Waals surface area contributed by atoms with Crippen molar-refractivity contribution in [3.8, 4) is 5.75 Å². The number of benzene rings is 1. The van der Waals surface area contributed by atoms with E-state index < -0.39 is 0 Å². The Hall–Kier alpha value is -0.770. The van der Waals surface area contributed by atoms with Gasteiger partial charge in [0.15, 0.2) is 0 Å². The van der Waals surface area contributed by atoms with Gasteiger partial charge >= 0.3 is 0 Å². The minimum Gasteiger partial charge on any atom is -0.508 e. The van der Waals surface area contributed by atoms with Crippen LogP contribution in [0, 0.1) is 0 Å². The minimum absolute atomic E-state index is 0.260. The molecule has 102 valence electrons. The summed E-state index contributed by atoms with van der Waals surface area (Å²) >= 11 is 6.04. The monoisotopic (exact) mass is 270 g/mol. The summed E-state index contributed by atoms with van der Waals surface area (Å²) in [5, 5.41) is 13.6. The number of hydrogen-bond donors (Lipinski definition) is 2. The first-order valence-electron chi connectivity index (χ1n) is 6.58. The quantitative estimate of drug-likeness (QED) is 0.713. The van der Waals surface area contributed by atoms with E-state index in [2.05, 4.69) is 24.1 Å². The number of halogens is 1. The first-order valence-corrected chi connectivity index (χ1v) is 6.96. The number of aromatic hydroxyl groups is 1. The van der Waals surface area contributed by atoms with E-state index in [4.69, 9.17) is 11.6 Å². The third-order valence-electron chi connectivity index (χ3n) is 2.99. The molecule has 0 aromatic heterocycles. The van der Waals surface area contributed by atoms with Crippen LogP contribution in [0.1, 0.15) is 25.8 Å². The normalized spacial score (nSPS) is 11.1. The molecule has 0 atom stereocenters. The molecule has 0 unspecified atom stereocenters. The Kier molecular flexibility index (Phi) is 7.09. The molecule has 18 heavy (non-hydrogen) atoms. The van der Waals surface area contributed by atoms with Gasteiger partial charge in [0.25, 0.3) is 0 Å². The predicted octanol–water partition coefficient (Wildman–Crippen LogP) is 2.87. The Morgan fingerprint density at radius 2 is 2.06 bits per heavy atom. The molecule has 0 saturated carbocycles. The van der Waals surface area contributed by atoms with Crippen molar-refractivity contribution in [2.45, 2.75) is 26.8 Å². The van der Waals surface area contributed by atoms with E-state index in [1.54, 1.807) is 18.2 Å². The Labute approximate surface area is 115 Å². The molecule has 0 bridgehead atoms. The van der Waals surface area contributed by atoms with Crippen LogP contribution in [0.4, 0.5) is 0 Å². The van der Waals surface area contributed by atoms with Crippen LogP contribution in [0.25, 0.3) is 0 Å². The average Bonchev–Trinajstić information content (AvgIpc) is 2.36. The highest BCUT2D eigenvalue weighted by molar-refractivity contribution is 6.31. The van der Waals surface area contributed by atoms with Crippen molar-refractivity contribution >= 4 is 11.6 Å². The van der Waals surface area contributed by atoms with Gasteiger partial charge in [0, 0.05) is 30.2 Å².